The van der Waals surface area contributed by atoms with Gasteiger partial charge in [-0.25, -0.2) is 0 Å². The van der Waals surface area contributed by atoms with Gasteiger partial charge >= 0.3 is 0 Å². The Morgan fingerprint density at radius 3 is 2.74 bits per heavy atom. The van der Waals surface area contributed by atoms with E-state index in [9.17, 15) is 24.3 Å². The van der Waals surface area contributed by atoms with Crippen LogP contribution in [0.3, 0.4) is 0 Å². The number of unbranched alkanes of at least 4 members (excludes halogenated alkanes) is 3. The Kier molecular flexibility index (Phi) is 7.59. The predicted octanol–water partition coefficient (Wildman–Crippen LogP) is -0.0474. The number of hydrogen-bond donors (Lipinski definition) is 4. The summed E-state index contributed by atoms with van der Waals surface area (Å²) in [5, 5.41) is 15.6. The molecule has 2 aliphatic heterocycles. The topological polar surface area (TPSA) is 151 Å². The van der Waals surface area contributed by atoms with Crippen molar-refractivity contribution in [3.63, 3.8) is 0 Å². The molecule has 168 valence electrons. The number of piperidine rings is 1. The Labute approximate surface area is 180 Å². The van der Waals surface area contributed by atoms with E-state index in [-0.39, 0.29) is 36.7 Å². The van der Waals surface area contributed by atoms with Crippen molar-refractivity contribution in [3.8, 4) is 5.75 Å². The van der Waals surface area contributed by atoms with Gasteiger partial charge in [-0.3, -0.25) is 29.4 Å². The highest BCUT2D eigenvalue weighted by molar-refractivity contribution is 6.06. The van der Waals surface area contributed by atoms with Gasteiger partial charge in [0.1, 0.15) is 11.8 Å². The highest BCUT2D eigenvalue weighted by Crippen LogP contribution is 2.39. The zero-order chi connectivity index (χ0) is 22.4. The van der Waals surface area contributed by atoms with Gasteiger partial charge in [0.2, 0.25) is 11.8 Å². The van der Waals surface area contributed by atoms with Gasteiger partial charge in [-0.1, -0.05) is 25.0 Å². The second-order valence-electron chi connectivity index (χ2n) is 7.61. The molecule has 5 N–H and O–H groups in total. The Hall–Kier alpha value is -2.98. The van der Waals surface area contributed by atoms with Crippen molar-refractivity contribution >= 4 is 23.6 Å². The van der Waals surface area contributed by atoms with Crippen molar-refractivity contribution in [3.05, 3.63) is 29.3 Å². The number of amides is 4. The number of nitrogens with two attached hydrogens (primary N) is 1. The van der Waals surface area contributed by atoms with Crippen LogP contribution in [0.1, 0.15) is 60.7 Å². The number of fused-ring (bicyclic) bond motifs is 1. The number of aliphatic hydroxyl groups is 1. The van der Waals surface area contributed by atoms with Crippen LogP contribution in [0.5, 0.6) is 5.75 Å². The van der Waals surface area contributed by atoms with Gasteiger partial charge in [0.05, 0.1) is 5.56 Å². The lowest BCUT2D eigenvalue weighted by atomic mass is 10.0. The van der Waals surface area contributed by atoms with Crippen molar-refractivity contribution in [2.75, 3.05) is 19.7 Å². The summed E-state index contributed by atoms with van der Waals surface area (Å²) in [6.45, 7) is 0.914. The molecule has 0 radical (unpaired) electrons. The fourth-order valence-corrected chi connectivity index (χ4v) is 3.81. The second kappa shape index (κ2) is 10.4. The first-order valence-electron chi connectivity index (χ1n) is 10.5. The fourth-order valence-electron chi connectivity index (χ4n) is 3.81. The Bertz CT molecular complexity index is 858. The standard InChI is InChI=1S/C21H28N4O6/c22-10-3-1-2-4-11-23-17(27)12-31-15-7-5-6-13-18(15)21(30)25(20(13)29)14-8-9-16(26)24-19(14)28/h5-7,14,20,29H,1-4,8-12,22H2,(H,23,27)(H,24,26,28). The summed E-state index contributed by atoms with van der Waals surface area (Å²) in [5.74, 6) is -1.76. The molecule has 1 fully saturated rings. The lowest BCUT2D eigenvalue weighted by molar-refractivity contribution is -0.139. The molecule has 10 heteroatoms. The molecule has 4 amide bonds. The average molecular weight is 432 g/mol. The third-order valence-corrected chi connectivity index (χ3v) is 5.41. The lowest BCUT2D eigenvalue weighted by Crippen LogP contribution is -2.53. The van der Waals surface area contributed by atoms with Crippen LogP contribution in [0.4, 0.5) is 0 Å². The van der Waals surface area contributed by atoms with E-state index in [0.717, 1.165) is 30.6 Å². The molecule has 0 saturated carbocycles. The first-order valence-corrected chi connectivity index (χ1v) is 10.5. The highest BCUT2D eigenvalue weighted by Gasteiger charge is 2.45. The molecule has 3 rings (SSSR count). The number of carbonyl (C=O) groups excluding carboxylic acids is 4. The van der Waals surface area contributed by atoms with E-state index in [1.165, 1.54) is 6.07 Å². The van der Waals surface area contributed by atoms with Gasteiger partial charge in [0.25, 0.3) is 11.8 Å². The summed E-state index contributed by atoms with van der Waals surface area (Å²) in [6, 6.07) is 3.76. The van der Waals surface area contributed by atoms with E-state index >= 15 is 0 Å². The number of nitrogens with one attached hydrogen (secondary N) is 2. The number of imide groups is 1. The SMILES string of the molecule is NCCCCCCNC(=O)COc1cccc2c1C(=O)N(C1CCC(=O)NC1=O)C2O. The lowest BCUT2D eigenvalue weighted by Gasteiger charge is -2.31. The zero-order valence-electron chi connectivity index (χ0n) is 17.3. The molecule has 2 heterocycles. The van der Waals surface area contributed by atoms with Crippen molar-refractivity contribution in [1.29, 1.82) is 0 Å². The quantitative estimate of drug-likeness (QED) is 0.299. The molecule has 2 unspecified atom stereocenters. The van der Waals surface area contributed by atoms with Crippen LogP contribution in [0.15, 0.2) is 18.2 Å². The zero-order valence-corrected chi connectivity index (χ0v) is 17.3. The minimum absolute atomic E-state index is 0.0823. The van der Waals surface area contributed by atoms with Gasteiger partial charge in [0, 0.05) is 18.5 Å². The van der Waals surface area contributed by atoms with Crippen molar-refractivity contribution in [1.82, 2.24) is 15.5 Å². The third-order valence-electron chi connectivity index (χ3n) is 5.41. The molecule has 10 nitrogen and oxygen atoms in total. The van der Waals surface area contributed by atoms with Gasteiger partial charge in [-0.2, -0.15) is 0 Å². The fraction of sp³-hybridized carbons (Fsp3) is 0.524. The smallest absolute Gasteiger partial charge is 0.261 e. The van der Waals surface area contributed by atoms with Crippen LogP contribution in [-0.4, -0.2) is 59.4 Å². The largest absolute Gasteiger partial charge is 0.483 e. The van der Waals surface area contributed by atoms with Crippen molar-refractivity contribution < 1.29 is 29.0 Å². The molecule has 1 aromatic carbocycles. The summed E-state index contributed by atoms with van der Waals surface area (Å²) in [7, 11) is 0. The number of ether oxygens (including phenoxy) is 1. The molecular weight excluding hydrogens is 404 g/mol. The van der Waals surface area contributed by atoms with Gasteiger partial charge in [-0.05, 0) is 31.9 Å². The summed E-state index contributed by atoms with van der Waals surface area (Å²) >= 11 is 0. The molecule has 2 aliphatic rings. The summed E-state index contributed by atoms with van der Waals surface area (Å²) < 4.78 is 5.56. The molecule has 0 spiro atoms. The molecule has 0 bridgehead atoms. The predicted molar refractivity (Wildman–Crippen MR) is 110 cm³/mol. The first-order chi connectivity index (χ1) is 14.9. The van der Waals surface area contributed by atoms with E-state index in [4.69, 9.17) is 10.5 Å². The van der Waals surface area contributed by atoms with E-state index in [2.05, 4.69) is 10.6 Å². The maximum absolute atomic E-state index is 13.0. The monoisotopic (exact) mass is 432 g/mol. The third kappa shape index (κ3) is 5.20. The molecule has 2 atom stereocenters. The second-order valence-corrected chi connectivity index (χ2v) is 7.61. The van der Waals surface area contributed by atoms with E-state index in [1.807, 2.05) is 0 Å². The number of aliphatic hydroxyl groups excluding tert-OH is 1. The highest BCUT2D eigenvalue weighted by atomic mass is 16.5. The van der Waals surface area contributed by atoms with Crippen LogP contribution in [0.2, 0.25) is 0 Å². The number of carbonyl (C=O) groups is 4. The summed E-state index contributed by atoms with van der Waals surface area (Å²) in [4.78, 5) is 49.7. The molecule has 0 aromatic heterocycles. The number of nitrogens with zero attached hydrogens (tertiary/aromatic N) is 1. The minimum Gasteiger partial charge on any atom is -0.483 e. The van der Waals surface area contributed by atoms with Crippen LogP contribution >= 0.6 is 0 Å². The Morgan fingerprint density at radius 2 is 2.00 bits per heavy atom. The van der Waals surface area contributed by atoms with Crippen LogP contribution in [-0.2, 0) is 14.4 Å². The maximum Gasteiger partial charge on any atom is 0.261 e. The molecule has 31 heavy (non-hydrogen) atoms. The number of benzene rings is 1. The normalized spacial score (nSPS) is 20.5. The molecule has 1 saturated heterocycles. The maximum atomic E-state index is 13.0. The van der Waals surface area contributed by atoms with Gasteiger partial charge < -0.3 is 20.9 Å². The summed E-state index contributed by atoms with van der Waals surface area (Å²) in [5.41, 5.74) is 5.86. The van der Waals surface area contributed by atoms with Crippen molar-refractivity contribution in [2.45, 2.75) is 50.8 Å². The van der Waals surface area contributed by atoms with E-state index < -0.39 is 30.0 Å². The van der Waals surface area contributed by atoms with Crippen LogP contribution in [0.25, 0.3) is 0 Å². The van der Waals surface area contributed by atoms with Gasteiger partial charge in [0.15, 0.2) is 12.8 Å². The Balaban J connectivity index is 1.60. The van der Waals surface area contributed by atoms with E-state index in [0.29, 0.717) is 18.7 Å². The molecule has 0 aliphatic carbocycles. The average Bonchev–Trinajstić information content (AvgIpc) is 3.00. The molecule has 1 aromatic rings. The van der Waals surface area contributed by atoms with Gasteiger partial charge in [-0.15, -0.1) is 0 Å². The van der Waals surface area contributed by atoms with Crippen molar-refractivity contribution in [2.24, 2.45) is 5.73 Å². The Morgan fingerprint density at radius 1 is 1.23 bits per heavy atom. The number of hydrogen-bond acceptors (Lipinski definition) is 7. The minimum atomic E-state index is -1.34. The van der Waals surface area contributed by atoms with Crippen LogP contribution < -0.4 is 21.1 Å². The first kappa shape index (κ1) is 22.7. The molecular formula is C21H28N4O6. The number of rotatable bonds is 10. The van der Waals surface area contributed by atoms with E-state index in [1.54, 1.807) is 12.1 Å². The summed E-state index contributed by atoms with van der Waals surface area (Å²) in [6.07, 6.45) is 2.69. The van der Waals surface area contributed by atoms with Crippen LogP contribution in [0, 0.1) is 0 Å².